The Balaban J connectivity index is 1.79. The summed E-state index contributed by atoms with van der Waals surface area (Å²) in [5.41, 5.74) is 3.23. The third kappa shape index (κ3) is 5.78. The summed E-state index contributed by atoms with van der Waals surface area (Å²) in [5, 5.41) is 2.88. The summed E-state index contributed by atoms with van der Waals surface area (Å²) in [6.45, 7) is 8.28. The van der Waals surface area contributed by atoms with Crippen LogP contribution >= 0.6 is 15.9 Å². The molecule has 2 aromatic carbocycles. The second kappa shape index (κ2) is 8.90. The van der Waals surface area contributed by atoms with Gasteiger partial charge < -0.3 is 14.8 Å². The largest absolute Gasteiger partial charge is 0.491 e. The number of hydrogen-bond donors (Lipinski definition) is 1. The zero-order valence-corrected chi connectivity index (χ0v) is 16.6. The normalized spacial score (nSPS) is 11.7. The van der Waals surface area contributed by atoms with Crippen molar-refractivity contribution in [1.29, 1.82) is 0 Å². The van der Waals surface area contributed by atoms with Crippen molar-refractivity contribution in [3.63, 3.8) is 0 Å². The van der Waals surface area contributed by atoms with Gasteiger partial charge in [0.1, 0.15) is 18.1 Å². The maximum Gasteiger partial charge on any atom is 0.258 e. The smallest absolute Gasteiger partial charge is 0.258 e. The van der Waals surface area contributed by atoms with E-state index in [1.165, 1.54) is 0 Å². The van der Waals surface area contributed by atoms with E-state index in [0.29, 0.717) is 12.4 Å². The van der Waals surface area contributed by atoms with Crippen LogP contribution in [0.1, 0.15) is 23.6 Å². The van der Waals surface area contributed by atoms with Gasteiger partial charge in [0, 0.05) is 4.47 Å². The Labute approximate surface area is 157 Å². The number of hydrogen-bond acceptors (Lipinski definition) is 3. The molecule has 0 unspecified atom stereocenters. The molecule has 0 saturated carbocycles. The van der Waals surface area contributed by atoms with Crippen molar-refractivity contribution in [2.75, 3.05) is 13.2 Å². The van der Waals surface area contributed by atoms with Crippen molar-refractivity contribution >= 4 is 21.8 Å². The minimum atomic E-state index is -0.167. The third-order valence-corrected chi connectivity index (χ3v) is 5.02. The monoisotopic (exact) mass is 405 g/mol. The lowest BCUT2D eigenvalue weighted by Gasteiger charge is -2.16. The number of ether oxygens (including phenoxy) is 2. The van der Waals surface area contributed by atoms with Crippen molar-refractivity contribution in [1.82, 2.24) is 5.32 Å². The molecule has 0 saturated heterocycles. The molecule has 0 bridgehead atoms. The van der Waals surface area contributed by atoms with Gasteiger partial charge in [-0.25, -0.2) is 0 Å². The SMILES string of the molecule is Cc1ccccc1OC[C@@H](C)NC(=O)COc1cc(C)c(Br)c(C)c1. The van der Waals surface area contributed by atoms with E-state index in [2.05, 4.69) is 21.2 Å². The van der Waals surface area contributed by atoms with Crippen molar-refractivity contribution in [3.8, 4) is 11.5 Å². The zero-order chi connectivity index (χ0) is 18.4. The van der Waals surface area contributed by atoms with Crippen molar-refractivity contribution < 1.29 is 14.3 Å². The number of aryl methyl sites for hydroxylation is 3. The first kappa shape index (κ1) is 19.3. The lowest BCUT2D eigenvalue weighted by Crippen LogP contribution is -2.39. The molecule has 1 amide bonds. The summed E-state index contributed by atoms with van der Waals surface area (Å²) in [6, 6.07) is 11.5. The van der Waals surface area contributed by atoms with Gasteiger partial charge in [-0.1, -0.05) is 34.1 Å². The average molecular weight is 406 g/mol. The van der Waals surface area contributed by atoms with Crippen LogP contribution in [0.4, 0.5) is 0 Å². The number of para-hydroxylation sites is 1. The highest BCUT2D eigenvalue weighted by Gasteiger charge is 2.10. The van der Waals surface area contributed by atoms with Gasteiger partial charge in [-0.3, -0.25) is 4.79 Å². The van der Waals surface area contributed by atoms with E-state index in [1.807, 2.05) is 64.1 Å². The lowest BCUT2D eigenvalue weighted by molar-refractivity contribution is -0.123. The predicted octanol–water partition coefficient (Wildman–Crippen LogP) is 4.34. The number of nitrogens with one attached hydrogen (secondary N) is 1. The Morgan fingerprint density at radius 3 is 2.36 bits per heavy atom. The first-order chi connectivity index (χ1) is 11.9. The van der Waals surface area contributed by atoms with Gasteiger partial charge in [-0.05, 0) is 62.6 Å². The second-order valence-electron chi connectivity index (χ2n) is 6.20. The van der Waals surface area contributed by atoms with Crippen LogP contribution in [-0.2, 0) is 4.79 Å². The summed E-state index contributed by atoms with van der Waals surface area (Å²) in [6.07, 6.45) is 0. The first-order valence-corrected chi connectivity index (χ1v) is 9.03. The molecule has 2 rings (SSSR count). The third-order valence-electron chi connectivity index (χ3n) is 3.77. The van der Waals surface area contributed by atoms with Crippen LogP contribution in [0, 0.1) is 20.8 Å². The van der Waals surface area contributed by atoms with E-state index in [9.17, 15) is 4.79 Å². The number of benzene rings is 2. The number of amides is 1. The molecule has 1 atom stereocenters. The van der Waals surface area contributed by atoms with Crippen molar-refractivity contribution in [2.45, 2.75) is 33.7 Å². The lowest BCUT2D eigenvalue weighted by atomic mass is 10.1. The highest BCUT2D eigenvalue weighted by atomic mass is 79.9. The number of carbonyl (C=O) groups is 1. The molecule has 134 valence electrons. The molecule has 1 N–H and O–H groups in total. The summed E-state index contributed by atoms with van der Waals surface area (Å²) in [4.78, 5) is 12.0. The first-order valence-electron chi connectivity index (χ1n) is 8.24. The fourth-order valence-corrected chi connectivity index (χ4v) is 2.66. The minimum Gasteiger partial charge on any atom is -0.491 e. The predicted molar refractivity (Wildman–Crippen MR) is 103 cm³/mol. The molecule has 5 heteroatoms. The van der Waals surface area contributed by atoms with Crippen LogP contribution in [0.5, 0.6) is 11.5 Å². The molecule has 4 nitrogen and oxygen atoms in total. The number of halogens is 1. The molecule has 0 aliphatic heterocycles. The second-order valence-corrected chi connectivity index (χ2v) is 7.00. The number of rotatable bonds is 7. The van der Waals surface area contributed by atoms with Gasteiger partial charge in [0.15, 0.2) is 6.61 Å². The van der Waals surface area contributed by atoms with E-state index < -0.39 is 0 Å². The highest BCUT2D eigenvalue weighted by molar-refractivity contribution is 9.10. The zero-order valence-electron chi connectivity index (χ0n) is 15.1. The van der Waals surface area contributed by atoms with Crippen LogP contribution in [0.25, 0.3) is 0 Å². The maximum atomic E-state index is 12.0. The highest BCUT2D eigenvalue weighted by Crippen LogP contribution is 2.26. The van der Waals surface area contributed by atoms with Crippen LogP contribution in [-0.4, -0.2) is 25.2 Å². The van der Waals surface area contributed by atoms with Crippen LogP contribution in [0.2, 0.25) is 0 Å². The Kier molecular flexibility index (Phi) is 6.88. The van der Waals surface area contributed by atoms with E-state index in [1.54, 1.807) is 0 Å². The van der Waals surface area contributed by atoms with Gasteiger partial charge in [0.05, 0.1) is 6.04 Å². The molecule has 0 aliphatic rings. The molecular formula is C20H24BrNO3. The Morgan fingerprint density at radius 2 is 1.72 bits per heavy atom. The van der Waals surface area contributed by atoms with Gasteiger partial charge in [0.25, 0.3) is 5.91 Å². The molecule has 0 fully saturated rings. The van der Waals surface area contributed by atoms with Crippen LogP contribution in [0.15, 0.2) is 40.9 Å². The fraction of sp³-hybridized carbons (Fsp3) is 0.350. The quantitative estimate of drug-likeness (QED) is 0.745. The molecule has 0 aromatic heterocycles. The maximum absolute atomic E-state index is 12.0. The van der Waals surface area contributed by atoms with Gasteiger partial charge in [0.2, 0.25) is 0 Å². The fourth-order valence-electron chi connectivity index (χ4n) is 2.43. The molecular weight excluding hydrogens is 382 g/mol. The van der Waals surface area contributed by atoms with E-state index >= 15 is 0 Å². The summed E-state index contributed by atoms with van der Waals surface area (Å²) < 4.78 is 12.4. The molecule has 2 aromatic rings. The summed E-state index contributed by atoms with van der Waals surface area (Å²) >= 11 is 3.52. The molecule has 25 heavy (non-hydrogen) atoms. The van der Waals surface area contributed by atoms with Gasteiger partial charge >= 0.3 is 0 Å². The van der Waals surface area contributed by atoms with Gasteiger partial charge in [-0.2, -0.15) is 0 Å². The molecule has 0 radical (unpaired) electrons. The molecule has 0 heterocycles. The van der Waals surface area contributed by atoms with Crippen molar-refractivity contribution in [3.05, 3.63) is 57.6 Å². The number of carbonyl (C=O) groups excluding carboxylic acids is 1. The molecule has 0 aliphatic carbocycles. The topological polar surface area (TPSA) is 47.6 Å². The Morgan fingerprint density at radius 1 is 1.08 bits per heavy atom. The van der Waals surface area contributed by atoms with Crippen molar-refractivity contribution in [2.24, 2.45) is 0 Å². The van der Waals surface area contributed by atoms with Crippen LogP contribution < -0.4 is 14.8 Å². The Hall–Kier alpha value is -2.01. The van der Waals surface area contributed by atoms with E-state index in [0.717, 1.165) is 26.9 Å². The van der Waals surface area contributed by atoms with Crippen LogP contribution in [0.3, 0.4) is 0 Å². The Bertz CT molecular complexity index is 722. The average Bonchev–Trinajstić information content (AvgIpc) is 2.57. The summed E-state index contributed by atoms with van der Waals surface area (Å²) in [5.74, 6) is 1.36. The minimum absolute atomic E-state index is 0.0186. The van der Waals surface area contributed by atoms with E-state index in [4.69, 9.17) is 9.47 Å². The summed E-state index contributed by atoms with van der Waals surface area (Å²) in [7, 11) is 0. The van der Waals surface area contributed by atoms with E-state index in [-0.39, 0.29) is 18.6 Å². The standard InChI is InChI=1S/C20H24BrNO3/c1-13-7-5-6-8-18(13)25-11-16(4)22-19(23)12-24-17-9-14(2)20(21)15(3)10-17/h5-10,16H,11-12H2,1-4H3,(H,22,23)/t16-/m1/s1. The molecule has 0 spiro atoms. The van der Waals surface area contributed by atoms with Gasteiger partial charge in [-0.15, -0.1) is 0 Å².